The smallest absolute Gasteiger partial charge is 0.342 e. The van der Waals surface area contributed by atoms with Gasteiger partial charge in [0.25, 0.3) is 0 Å². The fourth-order valence-electron chi connectivity index (χ4n) is 2.39. The van der Waals surface area contributed by atoms with Crippen molar-refractivity contribution in [2.45, 2.75) is 38.7 Å². The second-order valence-corrected chi connectivity index (χ2v) is 5.54. The molecule has 0 bridgehead atoms. The first kappa shape index (κ1) is 16.8. The number of phenols is 2. The van der Waals surface area contributed by atoms with E-state index in [0.717, 1.165) is 18.9 Å². The molecule has 0 saturated heterocycles. The van der Waals surface area contributed by atoms with Crippen molar-refractivity contribution in [1.29, 1.82) is 0 Å². The molecule has 0 aliphatic carbocycles. The molecule has 5 heteroatoms. The highest BCUT2D eigenvalue weighted by Crippen LogP contribution is 2.29. The molecule has 23 heavy (non-hydrogen) atoms. The van der Waals surface area contributed by atoms with Crippen LogP contribution in [0.2, 0.25) is 0 Å². The normalized spacial score (nSPS) is 22.6. The van der Waals surface area contributed by atoms with E-state index in [0.29, 0.717) is 6.42 Å². The van der Waals surface area contributed by atoms with Gasteiger partial charge in [0.05, 0.1) is 0 Å². The quantitative estimate of drug-likeness (QED) is 0.568. The zero-order valence-corrected chi connectivity index (χ0v) is 13.0. The van der Waals surface area contributed by atoms with Gasteiger partial charge in [-0.2, -0.15) is 0 Å². The molecule has 0 saturated carbocycles. The third kappa shape index (κ3) is 4.71. The molecule has 5 nitrogen and oxygen atoms in total. The molecule has 2 rings (SSSR count). The Bertz CT molecular complexity index is 658. The number of aromatic hydroxyl groups is 2. The van der Waals surface area contributed by atoms with Crippen molar-refractivity contribution in [3.63, 3.8) is 0 Å². The van der Waals surface area contributed by atoms with Crippen LogP contribution in [0.25, 0.3) is 0 Å². The zero-order valence-electron chi connectivity index (χ0n) is 13.0. The second kappa shape index (κ2) is 7.63. The van der Waals surface area contributed by atoms with E-state index in [1.807, 2.05) is 12.2 Å². The monoisotopic (exact) mass is 316 g/mol. The van der Waals surface area contributed by atoms with Gasteiger partial charge in [-0.1, -0.05) is 18.2 Å². The third-order valence-corrected chi connectivity index (χ3v) is 3.50. The molecule has 1 heterocycles. The number of rotatable bonds is 0. The number of esters is 1. The number of benzene rings is 1. The number of cyclic esters (lactones) is 1. The summed E-state index contributed by atoms with van der Waals surface area (Å²) >= 11 is 0. The summed E-state index contributed by atoms with van der Waals surface area (Å²) in [5, 5.41) is 19.6. The lowest BCUT2D eigenvalue weighted by Gasteiger charge is -2.15. The minimum Gasteiger partial charge on any atom is -0.508 e. The highest BCUT2D eigenvalue weighted by molar-refractivity contribution is 5.98. The number of carbonyl (C=O) groups is 2. The number of ether oxygens (including phenoxy) is 1. The molecule has 0 radical (unpaired) electrons. The fourth-order valence-corrected chi connectivity index (χ4v) is 2.39. The Balaban J connectivity index is 2.40. The SMILES string of the molecule is C[C@H]1C/C=C\CC/C=C/C(=O)Cc2cc(O)cc(O)c2C(=O)O1. The lowest BCUT2D eigenvalue weighted by Crippen LogP contribution is -2.17. The summed E-state index contributed by atoms with van der Waals surface area (Å²) in [5.74, 6) is -1.51. The minimum atomic E-state index is -0.702. The molecule has 1 aromatic rings. The molecule has 0 aromatic heterocycles. The van der Waals surface area contributed by atoms with Crippen LogP contribution in [0.1, 0.15) is 42.1 Å². The van der Waals surface area contributed by atoms with Gasteiger partial charge in [0.15, 0.2) is 5.78 Å². The molecule has 122 valence electrons. The summed E-state index contributed by atoms with van der Waals surface area (Å²) in [7, 11) is 0. The van der Waals surface area contributed by atoms with E-state index in [4.69, 9.17) is 4.74 Å². The minimum absolute atomic E-state index is 0.0718. The van der Waals surface area contributed by atoms with Crippen molar-refractivity contribution in [3.05, 3.63) is 47.6 Å². The van der Waals surface area contributed by atoms with Gasteiger partial charge in [0.1, 0.15) is 23.2 Å². The molecule has 2 N–H and O–H groups in total. The molecular weight excluding hydrogens is 296 g/mol. The van der Waals surface area contributed by atoms with Crippen molar-refractivity contribution >= 4 is 11.8 Å². The summed E-state index contributed by atoms with van der Waals surface area (Å²) in [6, 6.07) is 2.37. The predicted octanol–water partition coefficient (Wildman–Crippen LogP) is 3.05. The van der Waals surface area contributed by atoms with E-state index in [-0.39, 0.29) is 35.2 Å². The number of hydrogen-bond donors (Lipinski definition) is 2. The number of allylic oxidation sites excluding steroid dienone is 3. The number of phenolic OH excluding ortho intramolecular Hbond substituents is 2. The molecule has 0 amide bonds. The second-order valence-electron chi connectivity index (χ2n) is 5.54. The van der Waals surface area contributed by atoms with Crippen LogP contribution in [-0.4, -0.2) is 28.1 Å². The largest absolute Gasteiger partial charge is 0.508 e. The van der Waals surface area contributed by atoms with Gasteiger partial charge in [0.2, 0.25) is 0 Å². The fraction of sp³-hybridized carbons (Fsp3) is 0.333. The topological polar surface area (TPSA) is 83.8 Å². The first-order chi connectivity index (χ1) is 11.0. The van der Waals surface area contributed by atoms with E-state index < -0.39 is 11.7 Å². The van der Waals surface area contributed by atoms with Crippen molar-refractivity contribution in [3.8, 4) is 11.5 Å². The highest BCUT2D eigenvalue weighted by atomic mass is 16.5. The van der Waals surface area contributed by atoms with Gasteiger partial charge in [0, 0.05) is 18.9 Å². The van der Waals surface area contributed by atoms with Crippen LogP contribution >= 0.6 is 0 Å². The van der Waals surface area contributed by atoms with Crippen molar-refractivity contribution in [2.24, 2.45) is 0 Å². The lowest BCUT2D eigenvalue weighted by molar-refractivity contribution is -0.114. The van der Waals surface area contributed by atoms with Crippen molar-refractivity contribution < 1.29 is 24.5 Å². The van der Waals surface area contributed by atoms with Crippen LogP contribution in [0.3, 0.4) is 0 Å². The third-order valence-electron chi connectivity index (χ3n) is 3.50. The summed E-state index contributed by atoms with van der Waals surface area (Å²) in [6.07, 6.45) is 8.83. The molecule has 1 aromatic carbocycles. The van der Waals surface area contributed by atoms with Crippen LogP contribution in [-0.2, 0) is 16.0 Å². The summed E-state index contributed by atoms with van der Waals surface area (Å²) < 4.78 is 5.32. The first-order valence-corrected chi connectivity index (χ1v) is 7.57. The van der Waals surface area contributed by atoms with Gasteiger partial charge in [-0.15, -0.1) is 0 Å². The molecule has 0 spiro atoms. The van der Waals surface area contributed by atoms with E-state index in [1.54, 1.807) is 13.0 Å². The van der Waals surface area contributed by atoms with Crippen LogP contribution < -0.4 is 0 Å². The van der Waals surface area contributed by atoms with E-state index in [1.165, 1.54) is 12.1 Å². The number of ketones is 1. The Morgan fingerprint density at radius 1 is 1.09 bits per heavy atom. The Morgan fingerprint density at radius 3 is 2.61 bits per heavy atom. The molecular formula is C18H20O5. The molecule has 1 aliphatic rings. The van der Waals surface area contributed by atoms with E-state index >= 15 is 0 Å². The molecule has 0 unspecified atom stereocenters. The average Bonchev–Trinajstić information content (AvgIpc) is 2.44. The van der Waals surface area contributed by atoms with Gasteiger partial charge in [-0.3, -0.25) is 4.79 Å². The predicted molar refractivity (Wildman–Crippen MR) is 85.5 cm³/mol. The van der Waals surface area contributed by atoms with E-state index in [2.05, 4.69) is 0 Å². The first-order valence-electron chi connectivity index (χ1n) is 7.57. The molecule has 1 atom stereocenters. The van der Waals surface area contributed by atoms with Gasteiger partial charge < -0.3 is 14.9 Å². The number of fused-ring (bicyclic) bond motifs is 1. The van der Waals surface area contributed by atoms with Crippen LogP contribution in [0.5, 0.6) is 11.5 Å². The zero-order chi connectivity index (χ0) is 16.8. The van der Waals surface area contributed by atoms with E-state index in [9.17, 15) is 19.8 Å². The molecule has 1 aliphatic heterocycles. The number of hydrogen-bond acceptors (Lipinski definition) is 5. The van der Waals surface area contributed by atoms with Crippen LogP contribution in [0.4, 0.5) is 0 Å². The van der Waals surface area contributed by atoms with Crippen LogP contribution in [0, 0.1) is 0 Å². The number of carbonyl (C=O) groups excluding carboxylic acids is 2. The highest BCUT2D eigenvalue weighted by Gasteiger charge is 2.22. The summed E-state index contributed by atoms with van der Waals surface area (Å²) in [6.45, 7) is 1.76. The summed E-state index contributed by atoms with van der Waals surface area (Å²) in [5.41, 5.74) is 0.180. The maximum atomic E-state index is 12.3. The maximum Gasteiger partial charge on any atom is 0.342 e. The Hall–Kier alpha value is -2.56. The average molecular weight is 316 g/mol. The van der Waals surface area contributed by atoms with Crippen LogP contribution in [0.15, 0.2) is 36.4 Å². The van der Waals surface area contributed by atoms with Gasteiger partial charge >= 0.3 is 5.97 Å². The Labute approximate surface area is 134 Å². The van der Waals surface area contributed by atoms with Crippen molar-refractivity contribution in [2.75, 3.05) is 0 Å². The summed E-state index contributed by atoms with van der Waals surface area (Å²) in [4.78, 5) is 24.3. The Kier molecular flexibility index (Phi) is 5.57. The van der Waals surface area contributed by atoms with Gasteiger partial charge in [-0.25, -0.2) is 4.79 Å². The standard InChI is InChI=1S/C18H20O5/c1-12-7-5-3-2-4-6-8-14(19)9-13-10-15(20)11-16(21)17(13)18(22)23-12/h3,5-6,8,10-12,20-21H,2,4,7,9H2,1H3/b5-3-,8-6+/t12-/m0/s1. The lowest BCUT2D eigenvalue weighted by atomic mass is 10.00. The van der Waals surface area contributed by atoms with Gasteiger partial charge in [-0.05, 0) is 37.5 Å². The van der Waals surface area contributed by atoms with Crippen molar-refractivity contribution in [1.82, 2.24) is 0 Å². The maximum absolute atomic E-state index is 12.3. The Morgan fingerprint density at radius 2 is 1.83 bits per heavy atom. The molecule has 0 fully saturated rings.